The number of aliphatic carboxylic acids is 1. The van der Waals surface area contributed by atoms with Crippen LogP contribution in [0.4, 0.5) is 0 Å². The lowest BCUT2D eigenvalue weighted by molar-refractivity contribution is -0.138. The van der Waals surface area contributed by atoms with Crippen LogP contribution in [0.15, 0.2) is 18.2 Å². The number of nitrogens with one attached hydrogen (secondary N) is 1. The van der Waals surface area contributed by atoms with Crippen LogP contribution >= 0.6 is 0 Å². The second-order valence-corrected chi connectivity index (χ2v) is 6.87. The van der Waals surface area contributed by atoms with Gasteiger partial charge in [-0.25, -0.2) is 0 Å². The Bertz CT molecular complexity index is 899. The summed E-state index contributed by atoms with van der Waals surface area (Å²) >= 11 is 0. The molecule has 11 heteroatoms. The minimum atomic E-state index is -1.01. The first-order chi connectivity index (χ1) is 14.9. The van der Waals surface area contributed by atoms with Crippen LogP contribution in [-0.2, 0) is 23.9 Å². The SMILES string of the molecule is O=C(O)CCOCCOCCOc1ccc2c(c1)C(=O)N(C1CCC(=O)NC1=O)C2=O. The van der Waals surface area contributed by atoms with Gasteiger partial charge in [0.1, 0.15) is 18.4 Å². The van der Waals surface area contributed by atoms with Gasteiger partial charge in [0.25, 0.3) is 11.8 Å². The lowest BCUT2D eigenvalue weighted by Gasteiger charge is -2.27. The van der Waals surface area contributed by atoms with Crippen molar-refractivity contribution in [3.63, 3.8) is 0 Å². The van der Waals surface area contributed by atoms with Crippen molar-refractivity contribution in [1.29, 1.82) is 0 Å². The lowest BCUT2D eigenvalue weighted by atomic mass is 10.0. The number of carboxylic acid groups (broad SMARTS) is 1. The zero-order valence-electron chi connectivity index (χ0n) is 16.6. The van der Waals surface area contributed by atoms with E-state index in [-0.39, 0.29) is 63.4 Å². The Labute approximate surface area is 177 Å². The van der Waals surface area contributed by atoms with E-state index in [0.29, 0.717) is 5.75 Å². The van der Waals surface area contributed by atoms with E-state index in [0.717, 1.165) is 4.90 Å². The second-order valence-electron chi connectivity index (χ2n) is 6.87. The van der Waals surface area contributed by atoms with Crippen LogP contribution in [0.25, 0.3) is 0 Å². The molecule has 1 fully saturated rings. The lowest BCUT2D eigenvalue weighted by Crippen LogP contribution is -2.54. The molecule has 0 saturated carbocycles. The quantitative estimate of drug-likeness (QED) is 0.362. The van der Waals surface area contributed by atoms with E-state index in [2.05, 4.69) is 5.32 Å². The molecule has 1 unspecified atom stereocenters. The van der Waals surface area contributed by atoms with Gasteiger partial charge in [0.05, 0.1) is 44.0 Å². The number of benzene rings is 1. The first kappa shape index (κ1) is 22.4. The molecular weight excluding hydrogens is 412 g/mol. The van der Waals surface area contributed by atoms with Gasteiger partial charge >= 0.3 is 5.97 Å². The summed E-state index contributed by atoms with van der Waals surface area (Å²) in [5.74, 6) is -2.83. The van der Waals surface area contributed by atoms with Crippen LogP contribution in [0.5, 0.6) is 5.75 Å². The molecule has 3 rings (SSSR count). The third kappa shape index (κ3) is 5.44. The van der Waals surface area contributed by atoms with Crippen LogP contribution < -0.4 is 10.1 Å². The van der Waals surface area contributed by atoms with Crippen molar-refractivity contribution in [3.8, 4) is 5.75 Å². The average Bonchev–Trinajstić information content (AvgIpc) is 2.97. The zero-order valence-corrected chi connectivity index (χ0v) is 16.6. The number of ether oxygens (including phenoxy) is 3. The molecule has 2 N–H and O–H groups in total. The predicted octanol–water partition coefficient (Wildman–Crippen LogP) is -0.0255. The molecule has 166 valence electrons. The molecule has 1 saturated heterocycles. The van der Waals surface area contributed by atoms with Crippen molar-refractivity contribution in [1.82, 2.24) is 10.2 Å². The number of carbonyl (C=O) groups is 5. The molecule has 4 amide bonds. The number of hydrogen-bond donors (Lipinski definition) is 2. The summed E-state index contributed by atoms with van der Waals surface area (Å²) in [5.41, 5.74) is 0.316. The number of carboxylic acids is 1. The molecule has 2 aliphatic rings. The number of rotatable bonds is 11. The third-order valence-electron chi connectivity index (χ3n) is 4.74. The molecular formula is C20H22N2O9. The standard InChI is InChI=1S/C20H22N2O9/c23-16-4-3-15(18(26)21-16)22-19(27)13-2-1-12(11-14(13)20(22)28)31-10-9-30-8-7-29-6-5-17(24)25/h1-2,11,15H,3-10H2,(H,24,25)(H,21,23,26). The fourth-order valence-electron chi connectivity index (χ4n) is 3.24. The number of amides is 4. The number of fused-ring (bicyclic) bond motifs is 1. The summed E-state index contributed by atoms with van der Waals surface area (Å²) in [5, 5.41) is 10.6. The molecule has 0 radical (unpaired) electrons. The smallest absolute Gasteiger partial charge is 0.305 e. The van der Waals surface area contributed by atoms with Gasteiger partial charge in [0.2, 0.25) is 11.8 Å². The minimum Gasteiger partial charge on any atom is -0.491 e. The summed E-state index contributed by atoms with van der Waals surface area (Å²) in [7, 11) is 0. The van der Waals surface area contributed by atoms with Crippen molar-refractivity contribution < 1.29 is 43.3 Å². The highest BCUT2D eigenvalue weighted by Gasteiger charge is 2.44. The van der Waals surface area contributed by atoms with E-state index in [1.807, 2.05) is 0 Å². The highest BCUT2D eigenvalue weighted by atomic mass is 16.5. The van der Waals surface area contributed by atoms with E-state index < -0.39 is 35.6 Å². The Morgan fingerprint density at radius 2 is 1.68 bits per heavy atom. The van der Waals surface area contributed by atoms with Gasteiger partial charge in [-0.1, -0.05) is 0 Å². The van der Waals surface area contributed by atoms with Gasteiger partial charge < -0.3 is 19.3 Å². The van der Waals surface area contributed by atoms with Crippen molar-refractivity contribution >= 4 is 29.6 Å². The molecule has 1 aromatic rings. The fraction of sp³-hybridized carbons (Fsp3) is 0.450. The summed E-state index contributed by atoms with van der Waals surface area (Å²) in [6.07, 6.45) is 0.0866. The number of hydrogen-bond acceptors (Lipinski definition) is 8. The number of carbonyl (C=O) groups excluding carboxylic acids is 4. The molecule has 1 aromatic carbocycles. The predicted molar refractivity (Wildman–Crippen MR) is 102 cm³/mol. The summed E-state index contributed by atoms with van der Waals surface area (Å²) in [6.45, 7) is 1.09. The van der Waals surface area contributed by atoms with E-state index >= 15 is 0 Å². The van der Waals surface area contributed by atoms with Gasteiger partial charge in [0, 0.05) is 6.42 Å². The van der Waals surface area contributed by atoms with Crippen molar-refractivity contribution in [2.24, 2.45) is 0 Å². The van der Waals surface area contributed by atoms with Gasteiger partial charge in [-0.15, -0.1) is 0 Å². The molecule has 0 bridgehead atoms. The second kappa shape index (κ2) is 10.1. The van der Waals surface area contributed by atoms with Gasteiger partial charge in [-0.2, -0.15) is 0 Å². The Morgan fingerprint density at radius 1 is 1.00 bits per heavy atom. The summed E-state index contributed by atoms with van der Waals surface area (Å²) in [4.78, 5) is 60.0. The van der Waals surface area contributed by atoms with E-state index in [1.54, 1.807) is 6.07 Å². The van der Waals surface area contributed by atoms with Gasteiger partial charge in [-0.3, -0.25) is 34.2 Å². The highest BCUT2D eigenvalue weighted by molar-refractivity contribution is 6.23. The third-order valence-corrected chi connectivity index (χ3v) is 4.74. The summed E-state index contributed by atoms with van der Waals surface area (Å²) in [6, 6.07) is 3.44. The number of piperidine rings is 1. The average molecular weight is 434 g/mol. The van der Waals surface area contributed by atoms with Crippen molar-refractivity contribution in [3.05, 3.63) is 29.3 Å². The van der Waals surface area contributed by atoms with Crippen molar-refractivity contribution in [2.45, 2.75) is 25.3 Å². The maximum Gasteiger partial charge on any atom is 0.305 e. The molecule has 11 nitrogen and oxygen atoms in total. The van der Waals surface area contributed by atoms with Crippen molar-refractivity contribution in [2.75, 3.05) is 33.0 Å². The molecule has 0 aromatic heterocycles. The molecule has 2 heterocycles. The van der Waals surface area contributed by atoms with Crippen LogP contribution in [0, 0.1) is 0 Å². The Kier molecular flexibility index (Phi) is 7.32. The molecule has 0 aliphatic carbocycles. The summed E-state index contributed by atoms with van der Waals surface area (Å²) < 4.78 is 15.9. The minimum absolute atomic E-state index is 0.0583. The van der Waals surface area contributed by atoms with Gasteiger partial charge in [0.15, 0.2) is 0 Å². The van der Waals surface area contributed by atoms with Crippen LogP contribution in [0.1, 0.15) is 40.0 Å². The van der Waals surface area contributed by atoms with Crippen LogP contribution in [0.3, 0.4) is 0 Å². The van der Waals surface area contributed by atoms with Crippen LogP contribution in [0.2, 0.25) is 0 Å². The van der Waals surface area contributed by atoms with E-state index in [4.69, 9.17) is 19.3 Å². The zero-order chi connectivity index (χ0) is 22.4. The monoisotopic (exact) mass is 434 g/mol. The van der Waals surface area contributed by atoms with E-state index in [9.17, 15) is 24.0 Å². The Morgan fingerprint density at radius 3 is 2.39 bits per heavy atom. The van der Waals surface area contributed by atoms with Crippen LogP contribution in [-0.4, -0.2) is 78.7 Å². The largest absolute Gasteiger partial charge is 0.491 e. The Hall–Kier alpha value is -3.31. The normalized spacial score (nSPS) is 18.2. The number of nitrogens with zero attached hydrogens (tertiary/aromatic N) is 1. The Balaban J connectivity index is 1.47. The first-order valence-electron chi connectivity index (χ1n) is 9.74. The maximum absolute atomic E-state index is 12.7. The first-order valence-corrected chi connectivity index (χ1v) is 9.74. The van der Waals surface area contributed by atoms with Gasteiger partial charge in [-0.05, 0) is 24.6 Å². The molecule has 0 spiro atoms. The fourth-order valence-corrected chi connectivity index (χ4v) is 3.24. The molecule has 1 atom stereocenters. The molecule has 31 heavy (non-hydrogen) atoms. The molecule has 2 aliphatic heterocycles. The topological polar surface area (TPSA) is 149 Å². The highest BCUT2D eigenvalue weighted by Crippen LogP contribution is 2.30. The van der Waals surface area contributed by atoms with E-state index in [1.165, 1.54) is 12.1 Å². The number of imide groups is 2. The maximum atomic E-state index is 12.7.